The van der Waals surface area contributed by atoms with Crippen molar-refractivity contribution in [3.05, 3.63) is 35.1 Å². The van der Waals surface area contributed by atoms with Gasteiger partial charge in [0.2, 0.25) is 0 Å². The first-order valence-electron chi connectivity index (χ1n) is 4.08. The Bertz CT molecular complexity index is 339. The molecule has 0 aromatic heterocycles. The molecule has 0 aliphatic carbocycles. The third kappa shape index (κ3) is 2.27. The number of hydrogen-bond donors (Lipinski definition) is 1. The Morgan fingerprint density at radius 1 is 1.62 bits per heavy atom. The molecule has 0 aliphatic rings. The first-order valence-corrected chi connectivity index (χ1v) is 4.08. The predicted octanol–water partition coefficient (Wildman–Crippen LogP) is 1.59. The van der Waals surface area contributed by atoms with E-state index in [0.29, 0.717) is 12.0 Å². The molecule has 1 rings (SSSR count). The second kappa shape index (κ2) is 4.01. The zero-order chi connectivity index (χ0) is 9.84. The fourth-order valence-corrected chi connectivity index (χ4v) is 1.21. The van der Waals surface area contributed by atoms with Crippen molar-refractivity contribution < 1.29 is 4.39 Å². The Labute approximate surface area is 76.8 Å². The van der Waals surface area contributed by atoms with Gasteiger partial charge >= 0.3 is 0 Å². The highest BCUT2D eigenvalue weighted by Crippen LogP contribution is 2.13. The number of rotatable bonds is 2. The molecule has 0 unspecified atom stereocenters. The molecule has 2 N–H and O–H groups in total. The Balaban J connectivity index is 3.07. The van der Waals surface area contributed by atoms with Crippen LogP contribution in [0.25, 0.3) is 0 Å². The quantitative estimate of drug-likeness (QED) is 0.747. The molecule has 1 aromatic carbocycles. The van der Waals surface area contributed by atoms with Crippen LogP contribution in [0.15, 0.2) is 18.2 Å². The summed E-state index contributed by atoms with van der Waals surface area (Å²) in [6.07, 6.45) is 0.528. The zero-order valence-electron chi connectivity index (χ0n) is 7.42. The lowest BCUT2D eigenvalue weighted by Crippen LogP contribution is -2.18. The van der Waals surface area contributed by atoms with Gasteiger partial charge in [0.15, 0.2) is 0 Å². The van der Waals surface area contributed by atoms with E-state index >= 15 is 0 Å². The minimum atomic E-state index is -0.472. The smallest absolute Gasteiger partial charge is 0.141 e. The molecule has 1 aromatic rings. The largest absolute Gasteiger partial charge is 0.328 e. The average Bonchev–Trinajstić information content (AvgIpc) is 2.03. The minimum Gasteiger partial charge on any atom is -0.328 e. The van der Waals surface area contributed by atoms with Gasteiger partial charge in [-0.2, -0.15) is 5.26 Å². The van der Waals surface area contributed by atoms with E-state index in [1.54, 1.807) is 12.1 Å². The third-order valence-corrected chi connectivity index (χ3v) is 1.75. The molecule has 3 heteroatoms. The van der Waals surface area contributed by atoms with Crippen molar-refractivity contribution in [2.75, 3.05) is 0 Å². The van der Waals surface area contributed by atoms with Gasteiger partial charge in [0.1, 0.15) is 11.9 Å². The van der Waals surface area contributed by atoms with Crippen molar-refractivity contribution in [1.29, 1.82) is 5.26 Å². The summed E-state index contributed by atoms with van der Waals surface area (Å²) >= 11 is 0. The van der Waals surface area contributed by atoms with Crippen molar-refractivity contribution in [2.24, 2.45) is 5.73 Å². The van der Waals surface area contributed by atoms with E-state index in [2.05, 4.69) is 0 Å². The fraction of sp³-hybridized carbons (Fsp3) is 0.300. The topological polar surface area (TPSA) is 49.8 Å². The summed E-state index contributed by atoms with van der Waals surface area (Å²) in [4.78, 5) is 0. The lowest BCUT2D eigenvalue weighted by molar-refractivity contribution is 0.618. The van der Waals surface area contributed by atoms with Crippen molar-refractivity contribution in [3.8, 4) is 6.07 Å². The van der Waals surface area contributed by atoms with Gasteiger partial charge in [-0.05, 0) is 25.0 Å². The van der Waals surface area contributed by atoms with Crippen LogP contribution in [0.2, 0.25) is 0 Å². The molecule has 0 amide bonds. The van der Waals surface area contributed by atoms with Crippen LogP contribution in [-0.4, -0.2) is 6.04 Å². The highest BCUT2D eigenvalue weighted by molar-refractivity contribution is 5.39. The van der Waals surface area contributed by atoms with Crippen molar-refractivity contribution >= 4 is 0 Å². The van der Waals surface area contributed by atoms with Gasteiger partial charge in [0.25, 0.3) is 0 Å². The molecule has 0 saturated heterocycles. The van der Waals surface area contributed by atoms with E-state index in [4.69, 9.17) is 11.0 Å². The fourth-order valence-electron chi connectivity index (χ4n) is 1.21. The molecule has 0 heterocycles. The normalized spacial score (nSPS) is 12.2. The summed E-state index contributed by atoms with van der Waals surface area (Å²) in [5.41, 5.74) is 6.36. The standard InChI is InChI=1S/C10H11FN2/c1-7(13)5-8-3-2-4-10(11)9(8)6-12/h2-4,7H,5,13H2,1H3/t7-/m0/s1. The molecular weight excluding hydrogens is 167 g/mol. The van der Waals surface area contributed by atoms with Gasteiger partial charge in [-0.3, -0.25) is 0 Å². The zero-order valence-corrected chi connectivity index (χ0v) is 7.42. The van der Waals surface area contributed by atoms with Crippen LogP contribution in [0, 0.1) is 17.1 Å². The Morgan fingerprint density at radius 3 is 2.85 bits per heavy atom. The van der Waals surface area contributed by atoms with E-state index in [-0.39, 0.29) is 11.6 Å². The van der Waals surface area contributed by atoms with Crippen LogP contribution >= 0.6 is 0 Å². The van der Waals surface area contributed by atoms with Gasteiger partial charge < -0.3 is 5.73 Å². The second-order valence-electron chi connectivity index (χ2n) is 3.07. The van der Waals surface area contributed by atoms with Crippen molar-refractivity contribution in [1.82, 2.24) is 0 Å². The highest BCUT2D eigenvalue weighted by atomic mass is 19.1. The van der Waals surface area contributed by atoms with Crippen molar-refractivity contribution in [2.45, 2.75) is 19.4 Å². The molecule has 0 radical (unpaired) electrons. The van der Waals surface area contributed by atoms with Crippen LogP contribution in [-0.2, 0) is 6.42 Å². The lowest BCUT2D eigenvalue weighted by atomic mass is 10.0. The maximum absolute atomic E-state index is 13.0. The number of benzene rings is 1. The molecule has 0 saturated carbocycles. The van der Waals surface area contributed by atoms with E-state index in [1.807, 2.05) is 13.0 Å². The summed E-state index contributed by atoms with van der Waals surface area (Å²) in [7, 11) is 0. The third-order valence-electron chi connectivity index (χ3n) is 1.75. The summed E-state index contributed by atoms with van der Waals surface area (Å²) in [5, 5.41) is 8.68. The van der Waals surface area contributed by atoms with E-state index in [9.17, 15) is 4.39 Å². The number of nitrogens with zero attached hydrogens (tertiary/aromatic N) is 1. The summed E-state index contributed by atoms with van der Waals surface area (Å²) in [6.45, 7) is 1.83. The molecule has 68 valence electrons. The molecule has 0 spiro atoms. The van der Waals surface area contributed by atoms with Crippen LogP contribution in [0.1, 0.15) is 18.1 Å². The van der Waals surface area contributed by atoms with E-state index < -0.39 is 5.82 Å². The summed E-state index contributed by atoms with van der Waals surface area (Å²) < 4.78 is 13.0. The van der Waals surface area contributed by atoms with Crippen LogP contribution in [0.5, 0.6) is 0 Å². The van der Waals surface area contributed by atoms with Crippen LogP contribution < -0.4 is 5.73 Å². The van der Waals surface area contributed by atoms with Gasteiger partial charge in [-0.25, -0.2) is 4.39 Å². The molecule has 13 heavy (non-hydrogen) atoms. The molecular formula is C10H11FN2. The maximum atomic E-state index is 13.0. The van der Waals surface area contributed by atoms with Gasteiger partial charge in [0, 0.05) is 6.04 Å². The lowest BCUT2D eigenvalue weighted by Gasteiger charge is -2.06. The Hall–Kier alpha value is -1.40. The number of hydrogen-bond acceptors (Lipinski definition) is 2. The number of halogens is 1. The highest BCUT2D eigenvalue weighted by Gasteiger charge is 2.08. The Kier molecular flexibility index (Phi) is 2.99. The van der Waals surface area contributed by atoms with E-state index in [1.165, 1.54) is 6.07 Å². The first-order chi connectivity index (χ1) is 6.15. The molecule has 0 fully saturated rings. The minimum absolute atomic E-state index is 0.0612. The molecule has 1 atom stereocenters. The first kappa shape index (κ1) is 9.69. The van der Waals surface area contributed by atoms with Gasteiger partial charge in [-0.15, -0.1) is 0 Å². The molecule has 0 aliphatic heterocycles. The Morgan fingerprint density at radius 2 is 2.31 bits per heavy atom. The summed E-state index contributed by atoms with van der Waals surface area (Å²) in [6, 6.07) is 6.38. The molecule has 2 nitrogen and oxygen atoms in total. The van der Waals surface area contributed by atoms with Gasteiger partial charge in [-0.1, -0.05) is 12.1 Å². The SMILES string of the molecule is C[C@H](N)Cc1cccc(F)c1C#N. The number of nitriles is 1. The van der Waals surface area contributed by atoms with Crippen LogP contribution in [0.4, 0.5) is 4.39 Å². The predicted molar refractivity (Wildman–Crippen MR) is 48.5 cm³/mol. The second-order valence-corrected chi connectivity index (χ2v) is 3.07. The number of nitrogens with two attached hydrogens (primary N) is 1. The van der Waals surface area contributed by atoms with Gasteiger partial charge in [0.05, 0.1) is 5.56 Å². The monoisotopic (exact) mass is 178 g/mol. The van der Waals surface area contributed by atoms with E-state index in [0.717, 1.165) is 0 Å². The molecule has 0 bridgehead atoms. The average molecular weight is 178 g/mol. The summed E-state index contributed by atoms with van der Waals surface area (Å²) in [5.74, 6) is -0.472. The maximum Gasteiger partial charge on any atom is 0.141 e. The van der Waals surface area contributed by atoms with Crippen molar-refractivity contribution in [3.63, 3.8) is 0 Å². The van der Waals surface area contributed by atoms with Crippen LogP contribution in [0.3, 0.4) is 0 Å².